The quantitative estimate of drug-likeness (QED) is 0.307. The lowest BCUT2D eigenvalue weighted by molar-refractivity contribution is -0.143. The molecule has 1 fully saturated rings. The Bertz CT molecular complexity index is 1380. The Morgan fingerprint density at radius 3 is 2.39 bits per heavy atom. The number of benzene rings is 2. The number of hydrogen-bond donors (Lipinski definition) is 2. The first-order chi connectivity index (χ1) is 19.2. The van der Waals surface area contributed by atoms with Gasteiger partial charge in [0.1, 0.15) is 0 Å². The summed E-state index contributed by atoms with van der Waals surface area (Å²) in [6.45, 7) is 8.77. The highest BCUT2D eigenvalue weighted by atomic mass is 19.4. The fourth-order valence-electron chi connectivity index (χ4n) is 5.13. The third-order valence-electron chi connectivity index (χ3n) is 7.50. The molecule has 1 aromatic heterocycles. The third kappa shape index (κ3) is 7.68. The fraction of sp³-hybridized carbons (Fsp3) is 0.452. The monoisotopic (exact) mass is 570 g/mol. The number of carboxylic acids is 1. The number of halogens is 3. The first-order valence-electron chi connectivity index (χ1n) is 13.8. The number of hydrogen-bond acceptors (Lipinski definition) is 4. The molecule has 2 atom stereocenters. The molecule has 1 unspecified atom stereocenters. The summed E-state index contributed by atoms with van der Waals surface area (Å²) in [5.41, 5.74) is 4.22. The third-order valence-corrected chi connectivity index (χ3v) is 7.50. The minimum atomic E-state index is -4.30. The second-order valence-electron chi connectivity index (χ2n) is 11.8. The van der Waals surface area contributed by atoms with Crippen molar-refractivity contribution in [2.24, 2.45) is 5.92 Å². The molecule has 0 spiro atoms. The Morgan fingerprint density at radius 2 is 1.80 bits per heavy atom. The van der Waals surface area contributed by atoms with Crippen LogP contribution in [0.1, 0.15) is 79.7 Å². The van der Waals surface area contributed by atoms with Crippen LogP contribution in [0.5, 0.6) is 0 Å². The summed E-state index contributed by atoms with van der Waals surface area (Å²) >= 11 is 0. The van der Waals surface area contributed by atoms with Crippen molar-refractivity contribution in [1.29, 1.82) is 0 Å². The van der Waals surface area contributed by atoms with Gasteiger partial charge in [0.15, 0.2) is 0 Å². The van der Waals surface area contributed by atoms with Crippen LogP contribution in [0.2, 0.25) is 0 Å². The van der Waals surface area contributed by atoms with E-state index in [2.05, 4.69) is 31.2 Å². The molecule has 2 heterocycles. The van der Waals surface area contributed by atoms with Crippen molar-refractivity contribution in [1.82, 2.24) is 14.7 Å². The number of anilines is 1. The number of alkyl halides is 3. The smallest absolute Gasteiger partial charge is 0.389 e. The van der Waals surface area contributed by atoms with Gasteiger partial charge >= 0.3 is 12.1 Å². The summed E-state index contributed by atoms with van der Waals surface area (Å²) in [6, 6.07) is 13.5. The predicted molar refractivity (Wildman–Crippen MR) is 151 cm³/mol. The molecule has 7 nitrogen and oxygen atoms in total. The zero-order valence-electron chi connectivity index (χ0n) is 23.8. The average molecular weight is 571 g/mol. The normalized spacial score (nSPS) is 16.9. The standard InChI is InChI=1S/C31H37F3N4O3/c1-20-18-24(38-17-14-27(36-38)30(2,3)4)11-12-25(20)26(13-15-31(32,33)34)35-23-9-7-21(8-10-23)28(39)37-16-5-6-22(19-37)29(40)41/h7-12,14,17-18,22,26,35H,5-6,13,15-16,19H2,1-4H3,(H,40,41)/t22-,26?/m1/s1. The van der Waals surface area contributed by atoms with Crippen LogP contribution in [0.4, 0.5) is 18.9 Å². The first-order valence-corrected chi connectivity index (χ1v) is 13.8. The highest BCUT2D eigenvalue weighted by Crippen LogP contribution is 2.33. The molecule has 2 aromatic carbocycles. The summed E-state index contributed by atoms with van der Waals surface area (Å²) in [5.74, 6) is -1.74. The molecule has 1 aliphatic rings. The van der Waals surface area contributed by atoms with E-state index in [1.807, 2.05) is 37.4 Å². The van der Waals surface area contributed by atoms with Crippen molar-refractivity contribution in [3.63, 3.8) is 0 Å². The van der Waals surface area contributed by atoms with Gasteiger partial charge < -0.3 is 15.3 Å². The SMILES string of the molecule is Cc1cc(-n2ccc(C(C)(C)C)n2)ccc1C(CCC(F)(F)F)Nc1ccc(C(=O)N2CCC[C@@H](C(=O)O)C2)cc1. The summed E-state index contributed by atoms with van der Waals surface area (Å²) in [5, 5.41) is 17.2. The van der Waals surface area contributed by atoms with E-state index in [-0.39, 0.29) is 24.3 Å². The van der Waals surface area contributed by atoms with Crippen molar-refractivity contribution >= 4 is 17.6 Å². The Labute approximate surface area is 238 Å². The van der Waals surface area contributed by atoms with Gasteiger partial charge in [-0.05, 0) is 79.8 Å². The average Bonchev–Trinajstić information content (AvgIpc) is 3.42. The molecule has 1 aliphatic heterocycles. The van der Waals surface area contributed by atoms with Crippen molar-refractivity contribution < 1.29 is 27.9 Å². The van der Waals surface area contributed by atoms with E-state index in [4.69, 9.17) is 0 Å². The zero-order chi connectivity index (χ0) is 29.9. The summed E-state index contributed by atoms with van der Waals surface area (Å²) in [6.07, 6.45) is -2.37. The van der Waals surface area contributed by atoms with Crippen LogP contribution in [-0.2, 0) is 10.2 Å². The van der Waals surface area contributed by atoms with Crippen LogP contribution in [0.25, 0.3) is 5.69 Å². The lowest BCUT2D eigenvalue weighted by Gasteiger charge is -2.30. The van der Waals surface area contributed by atoms with Crippen LogP contribution in [0.15, 0.2) is 54.7 Å². The van der Waals surface area contributed by atoms with Crippen molar-refractivity contribution in [3.8, 4) is 5.69 Å². The Balaban J connectivity index is 1.53. The Morgan fingerprint density at radius 1 is 1.10 bits per heavy atom. The molecule has 41 heavy (non-hydrogen) atoms. The number of amides is 1. The van der Waals surface area contributed by atoms with Gasteiger partial charge in [-0.2, -0.15) is 18.3 Å². The molecule has 1 amide bonds. The van der Waals surface area contributed by atoms with E-state index in [0.29, 0.717) is 30.6 Å². The topological polar surface area (TPSA) is 87.5 Å². The summed E-state index contributed by atoms with van der Waals surface area (Å²) in [4.78, 5) is 25.9. The van der Waals surface area contributed by atoms with Gasteiger partial charge in [0.05, 0.1) is 23.3 Å². The fourth-order valence-corrected chi connectivity index (χ4v) is 5.13. The molecular formula is C31H37F3N4O3. The second kappa shape index (κ2) is 12.0. The predicted octanol–water partition coefficient (Wildman–Crippen LogP) is 6.91. The summed E-state index contributed by atoms with van der Waals surface area (Å²) in [7, 11) is 0. The number of carbonyl (C=O) groups is 2. The molecule has 1 saturated heterocycles. The van der Waals surface area contributed by atoms with Gasteiger partial charge in [-0.3, -0.25) is 9.59 Å². The van der Waals surface area contributed by atoms with Crippen molar-refractivity contribution in [2.75, 3.05) is 18.4 Å². The largest absolute Gasteiger partial charge is 0.481 e. The van der Waals surface area contributed by atoms with Crippen molar-refractivity contribution in [3.05, 3.63) is 77.1 Å². The number of nitrogens with zero attached hydrogens (tertiary/aromatic N) is 3. The molecular weight excluding hydrogens is 533 g/mol. The number of aryl methyl sites for hydroxylation is 1. The number of rotatable bonds is 8. The minimum absolute atomic E-state index is 0.109. The van der Waals surface area contributed by atoms with Crippen LogP contribution >= 0.6 is 0 Å². The van der Waals surface area contributed by atoms with E-state index in [1.165, 1.54) is 0 Å². The molecule has 0 radical (unpaired) electrons. The van der Waals surface area contributed by atoms with E-state index in [1.54, 1.807) is 33.8 Å². The molecule has 2 N–H and O–H groups in total. The lowest BCUT2D eigenvalue weighted by Crippen LogP contribution is -2.42. The second-order valence-corrected chi connectivity index (χ2v) is 11.8. The van der Waals surface area contributed by atoms with Gasteiger partial charge in [-0.15, -0.1) is 0 Å². The number of likely N-dealkylation sites (tertiary alicyclic amines) is 1. The maximum absolute atomic E-state index is 13.2. The van der Waals surface area contributed by atoms with E-state index in [9.17, 15) is 27.9 Å². The van der Waals surface area contributed by atoms with Crippen LogP contribution < -0.4 is 5.32 Å². The number of aliphatic carboxylic acids is 1. The number of aromatic nitrogens is 2. The zero-order valence-corrected chi connectivity index (χ0v) is 23.8. The van der Waals surface area contributed by atoms with Gasteiger partial charge in [0, 0.05) is 42.4 Å². The van der Waals surface area contributed by atoms with Gasteiger partial charge in [0.25, 0.3) is 5.91 Å². The van der Waals surface area contributed by atoms with Crippen LogP contribution in [0.3, 0.4) is 0 Å². The number of nitrogens with one attached hydrogen (secondary N) is 1. The van der Waals surface area contributed by atoms with E-state index < -0.39 is 30.5 Å². The Hall–Kier alpha value is -3.82. The van der Waals surface area contributed by atoms with E-state index in [0.717, 1.165) is 22.5 Å². The molecule has 4 rings (SSSR count). The number of carbonyl (C=O) groups excluding carboxylic acids is 1. The molecule has 3 aromatic rings. The number of piperidine rings is 1. The Kier molecular flexibility index (Phi) is 8.80. The highest BCUT2D eigenvalue weighted by molar-refractivity contribution is 5.95. The molecule has 0 saturated carbocycles. The molecule has 0 aliphatic carbocycles. The first kappa shape index (κ1) is 30.1. The van der Waals surface area contributed by atoms with Crippen LogP contribution in [0, 0.1) is 12.8 Å². The lowest BCUT2D eigenvalue weighted by atomic mass is 9.93. The number of carboxylic acid groups (broad SMARTS) is 1. The van der Waals surface area contributed by atoms with E-state index >= 15 is 0 Å². The van der Waals surface area contributed by atoms with Gasteiger partial charge in [-0.1, -0.05) is 26.8 Å². The molecule has 10 heteroatoms. The van der Waals surface area contributed by atoms with Gasteiger partial charge in [-0.25, -0.2) is 4.68 Å². The molecule has 220 valence electrons. The van der Waals surface area contributed by atoms with Crippen molar-refractivity contribution in [2.45, 2.75) is 71.0 Å². The summed E-state index contributed by atoms with van der Waals surface area (Å²) < 4.78 is 41.5. The highest BCUT2D eigenvalue weighted by Gasteiger charge is 2.30. The maximum atomic E-state index is 13.2. The van der Waals surface area contributed by atoms with Crippen LogP contribution in [-0.4, -0.2) is 50.9 Å². The molecule has 0 bridgehead atoms. The minimum Gasteiger partial charge on any atom is -0.481 e. The van der Waals surface area contributed by atoms with Gasteiger partial charge in [0.2, 0.25) is 0 Å². The maximum Gasteiger partial charge on any atom is 0.389 e.